The monoisotopic (exact) mass is 735 g/mol. The predicted molar refractivity (Wildman–Crippen MR) is 213 cm³/mol. The third kappa shape index (κ3) is 8.39. The first-order valence-electron chi connectivity index (χ1n) is 19.8. The molecule has 12 bridgehead atoms. The van der Waals surface area contributed by atoms with Crippen molar-refractivity contribution in [2.45, 2.75) is 46.5 Å². The second kappa shape index (κ2) is 16.3. The van der Waals surface area contributed by atoms with Crippen molar-refractivity contribution >= 4 is 47.6 Å². The molecule has 0 spiro atoms. The van der Waals surface area contributed by atoms with E-state index in [0.717, 1.165) is 117 Å². The highest BCUT2D eigenvalue weighted by molar-refractivity contribution is 5.51. The van der Waals surface area contributed by atoms with Gasteiger partial charge in [-0.05, 0) is 17.9 Å². The van der Waals surface area contributed by atoms with E-state index < -0.39 is 0 Å². The molecule has 10 heterocycles. The van der Waals surface area contributed by atoms with Gasteiger partial charge in [-0.1, -0.05) is 63.9 Å². The van der Waals surface area contributed by atoms with Gasteiger partial charge in [0.1, 0.15) is 5.82 Å². The molecule has 3 fully saturated rings. The third-order valence-corrected chi connectivity index (χ3v) is 10.4. The highest BCUT2D eigenvalue weighted by atomic mass is 15.4. The van der Waals surface area contributed by atoms with E-state index in [1.54, 1.807) is 0 Å². The largest absolute Gasteiger partial charge is 0.354 e. The van der Waals surface area contributed by atoms with Gasteiger partial charge in [-0.15, -0.1) is 0 Å². The molecule has 17 nitrogen and oxygen atoms in total. The van der Waals surface area contributed by atoms with Crippen LogP contribution in [0, 0.1) is 5.92 Å². The van der Waals surface area contributed by atoms with Gasteiger partial charge in [-0.25, -0.2) is 0 Å². The molecule has 3 saturated heterocycles. The van der Waals surface area contributed by atoms with Crippen LogP contribution in [0.4, 0.5) is 47.6 Å². The van der Waals surface area contributed by atoms with Crippen LogP contribution in [0.2, 0.25) is 0 Å². The van der Waals surface area contributed by atoms with Crippen molar-refractivity contribution in [1.82, 2.24) is 44.9 Å². The number of rotatable bonds is 10. The molecule has 2 N–H and O–H groups in total. The highest BCUT2D eigenvalue weighted by Gasteiger charge is 2.29. The van der Waals surface area contributed by atoms with Crippen LogP contribution in [0.25, 0.3) is 0 Å². The van der Waals surface area contributed by atoms with E-state index in [0.29, 0.717) is 59.9 Å². The lowest BCUT2D eigenvalue weighted by atomic mass is 10.1. The van der Waals surface area contributed by atoms with Gasteiger partial charge in [0, 0.05) is 98.0 Å². The fourth-order valence-corrected chi connectivity index (χ4v) is 7.16. The van der Waals surface area contributed by atoms with Crippen LogP contribution in [-0.2, 0) is 6.42 Å². The minimum absolute atomic E-state index is 0.452. The van der Waals surface area contributed by atoms with E-state index >= 15 is 0 Å². The summed E-state index contributed by atoms with van der Waals surface area (Å²) in [5.41, 5.74) is 1.17. The van der Waals surface area contributed by atoms with Crippen molar-refractivity contribution in [2.24, 2.45) is 5.92 Å². The summed E-state index contributed by atoms with van der Waals surface area (Å²) < 4.78 is 0. The average molecular weight is 736 g/mol. The first kappa shape index (κ1) is 35.7. The average Bonchev–Trinajstić information content (AvgIpc) is 3.21. The van der Waals surface area contributed by atoms with Crippen molar-refractivity contribution in [3.63, 3.8) is 0 Å². The number of hydrogen-bond acceptors (Lipinski definition) is 17. The van der Waals surface area contributed by atoms with E-state index in [4.69, 9.17) is 44.9 Å². The number of benzene rings is 1. The summed E-state index contributed by atoms with van der Waals surface area (Å²) in [7, 11) is 0. The molecule has 0 atom stereocenters. The Morgan fingerprint density at radius 1 is 0.500 bits per heavy atom. The van der Waals surface area contributed by atoms with Gasteiger partial charge in [-0.3, -0.25) is 0 Å². The third-order valence-electron chi connectivity index (χ3n) is 10.4. The molecule has 0 saturated carbocycles. The zero-order valence-corrected chi connectivity index (χ0v) is 31.9. The standard InChI is InChI=1S/C37H53N17/c1-4-5-9-12-38-30-42-34-47-35(43-30)52-21-23-54(24-22-52)37-45-31(39-26-27(2)3)44-36(48-37)53-19-15-50(16-20-53)33-41-29(25-28-10-7-6-8-11-28)40-32(46-33)49-13-17-51(34)18-14-49/h6-8,10-11,27H,4-5,9,12-26H2,1-3H3,(H,38,42,43,47)(H,39,44,45,48). The summed E-state index contributed by atoms with van der Waals surface area (Å²) in [5.74, 6) is 6.68. The molecule has 0 amide bonds. The summed E-state index contributed by atoms with van der Waals surface area (Å²) in [5, 5.41) is 6.97. The maximum atomic E-state index is 5.10. The Kier molecular flexibility index (Phi) is 10.8. The minimum atomic E-state index is 0.452. The second-order valence-corrected chi connectivity index (χ2v) is 14.9. The lowest BCUT2D eigenvalue weighted by molar-refractivity contribution is 0.608. The molecule has 54 heavy (non-hydrogen) atoms. The van der Waals surface area contributed by atoms with Gasteiger partial charge in [0.15, 0.2) is 0 Å². The van der Waals surface area contributed by atoms with E-state index in [2.05, 4.69) is 85.1 Å². The lowest BCUT2D eigenvalue weighted by Gasteiger charge is -2.36. The molecule has 7 aliphatic rings. The smallest absolute Gasteiger partial charge is 0.232 e. The molecule has 17 heteroatoms. The van der Waals surface area contributed by atoms with Crippen molar-refractivity contribution in [3.8, 4) is 0 Å². The zero-order valence-electron chi connectivity index (χ0n) is 31.9. The summed E-state index contributed by atoms with van der Waals surface area (Å²) in [6.07, 6.45) is 4.03. The summed E-state index contributed by atoms with van der Waals surface area (Å²) in [6, 6.07) is 10.4. The fourth-order valence-electron chi connectivity index (χ4n) is 7.16. The van der Waals surface area contributed by atoms with Crippen LogP contribution in [0.15, 0.2) is 30.3 Å². The maximum absolute atomic E-state index is 5.10. The molecule has 286 valence electrons. The van der Waals surface area contributed by atoms with Crippen LogP contribution >= 0.6 is 0 Å². The molecule has 4 aromatic rings. The van der Waals surface area contributed by atoms with E-state index in [9.17, 15) is 0 Å². The number of hydrogen-bond donors (Lipinski definition) is 2. The first-order chi connectivity index (χ1) is 26.5. The SMILES string of the molecule is CCCCCNc1nc2nc(n1)N1CCN(CC1)c1nc(NCC(C)C)nc(n1)N1CCN(CC1)c1nc(Cc3ccccc3)nc(n1)N1CCN2CC1. The molecule has 7 aliphatic heterocycles. The molecular formula is C37H53N17. The Morgan fingerprint density at radius 3 is 1.28 bits per heavy atom. The molecule has 1 aromatic carbocycles. The van der Waals surface area contributed by atoms with Crippen LogP contribution < -0.4 is 40.0 Å². The predicted octanol–water partition coefficient (Wildman–Crippen LogP) is 2.80. The Morgan fingerprint density at radius 2 is 0.889 bits per heavy atom. The normalized spacial score (nSPS) is 17.0. The van der Waals surface area contributed by atoms with Crippen LogP contribution in [0.5, 0.6) is 0 Å². The van der Waals surface area contributed by atoms with Gasteiger partial charge in [0.2, 0.25) is 47.6 Å². The second-order valence-electron chi connectivity index (χ2n) is 14.9. The van der Waals surface area contributed by atoms with Gasteiger partial charge >= 0.3 is 0 Å². The summed E-state index contributed by atoms with van der Waals surface area (Å²) in [6.45, 7) is 17.1. The molecular weight excluding hydrogens is 683 g/mol. The minimum Gasteiger partial charge on any atom is -0.354 e. The maximum Gasteiger partial charge on any atom is 0.232 e. The lowest BCUT2D eigenvalue weighted by Crippen LogP contribution is -2.49. The van der Waals surface area contributed by atoms with Gasteiger partial charge in [0.05, 0.1) is 0 Å². The van der Waals surface area contributed by atoms with E-state index in [1.165, 1.54) is 5.56 Å². The van der Waals surface area contributed by atoms with Crippen molar-refractivity contribution in [3.05, 3.63) is 41.7 Å². The van der Waals surface area contributed by atoms with Crippen LogP contribution in [-0.4, -0.2) is 136 Å². The first-order valence-corrected chi connectivity index (χ1v) is 19.8. The van der Waals surface area contributed by atoms with E-state index in [1.807, 2.05) is 6.07 Å². The quantitative estimate of drug-likeness (QED) is 0.229. The topological polar surface area (TPSA) is 160 Å². The van der Waals surface area contributed by atoms with Crippen molar-refractivity contribution < 1.29 is 0 Å². The summed E-state index contributed by atoms with van der Waals surface area (Å²) >= 11 is 0. The highest BCUT2D eigenvalue weighted by Crippen LogP contribution is 2.26. The Hall–Kier alpha value is -5.35. The number of nitrogens with one attached hydrogen (secondary N) is 2. The number of anilines is 8. The van der Waals surface area contributed by atoms with Crippen LogP contribution in [0.3, 0.4) is 0 Å². The van der Waals surface area contributed by atoms with Crippen LogP contribution in [0.1, 0.15) is 51.4 Å². The Balaban J connectivity index is 1.14. The van der Waals surface area contributed by atoms with Crippen molar-refractivity contribution in [1.29, 1.82) is 0 Å². The van der Waals surface area contributed by atoms with Crippen molar-refractivity contribution in [2.75, 3.05) is 132 Å². The zero-order chi connectivity index (χ0) is 36.9. The summed E-state index contributed by atoms with van der Waals surface area (Å²) in [4.78, 5) is 58.6. The van der Waals surface area contributed by atoms with Gasteiger partial charge in [0.25, 0.3) is 0 Å². The molecule has 0 unspecified atom stereocenters. The number of piperazine rings is 3. The molecule has 11 rings (SSSR count). The Labute approximate surface area is 317 Å². The molecule has 0 aliphatic carbocycles. The van der Waals surface area contributed by atoms with Gasteiger partial charge in [-0.2, -0.15) is 44.9 Å². The van der Waals surface area contributed by atoms with Gasteiger partial charge < -0.3 is 40.0 Å². The van der Waals surface area contributed by atoms with E-state index in [-0.39, 0.29) is 0 Å². The number of fused-ring (bicyclic) bond motifs is 3. The number of nitrogens with zero attached hydrogens (tertiary/aromatic N) is 15. The molecule has 0 radical (unpaired) electrons. The Bertz CT molecular complexity index is 1830. The molecule has 3 aromatic heterocycles. The number of aromatic nitrogens is 9. The fraction of sp³-hybridized carbons (Fsp3) is 0.595. The number of unbranched alkanes of at least 4 members (excludes halogenated alkanes) is 2.